The fourth-order valence-corrected chi connectivity index (χ4v) is 17.1. The quantitative estimate of drug-likeness (QED) is 0.0291. The zero-order valence-corrected chi connectivity index (χ0v) is 52.0. The summed E-state index contributed by atoms with van der Waals surface area (Å²) in [6.45, 7) is 14.5. The zero-order chi connectivity index (χ0) is 59.0. The number of nitrogens with zero attached hydrogens (tertiary/aromatic N) is 2. The number of fused-ring (bicyclic) bond motifs is 6. The van der Waals surface area contributed by atoms with E-state index in [1.54, 1.807) is 12.1 Å². The Kier molecular flexibility index (Phi) is 19.1. The molecule has 0 aliphatic heterocycles. The van der Waals surface area contributed by atoms with Crippen molar-refractivity contribution < 1.29 is 28.5 Å². The van der Waals surface area contributed by atoms with E-state index in [4.69, 9.17) is 9.47 Å². The van der Waals surface area contributed by atoms with Crippen molar-refractivity contribution in [2.75, 3.05) is 31.5 Å². The van der Waals surface area contributed by atoms with E-state index in [1.807, 2.05) is 54.6 Å². The Morgan fingerprint density at radius 2 is 0.905 bits per heavy atom. The number of unbranched alkanes of at least 4 members (excludes halogenated alkanes) is 10. The maximum atomic E-state index is 15.7. The topological polar surface area (TPSA) is 68.8 Å². The second-order valence-electron chi connectivity index (χ2n) is 24.2. The van der Waals surface area contributed by atoms with Crippen LogP contribution in [-0.2, 0) is 0 Å². The van der Waals surface area contributed by atoms with Crippen LogP contribution < -0.4 is 14.7 Å². The van der Waals surface area contributed by atoms with Gasteiger partial charge in [-0.25, -0.2) is 18.8 Å². The zero-order valence-electron chi connectivity index (χ0n) is 50.2. The van der Waals surface area contributed by atoms with Crippen molar-refractivity contribution in [3.05, 3.63) is 182 Å². The number of phenolic OH excluding ortho intramolecular Hbond substituents is 2. The van der Waals surface area contributed by atoms with Gasteiger partial charge in [0, 0.05) is 49.6 Å². The van der Waals surface area contributed by atoms with Gasteiger partial charge in [0.25, 0.3) is 0 Å². The van der Waals surface area contributed by atoms with Crippen LogP contribution in [0.5, 0.6) is 23.0 Å². The van der Waals surface area contributed by atoms with E-state index in [9.17, 15) is 10.2 Å². The Labute approximate surface area is 499 Å². The third-order valence-corrected chi connectivity index (χ3v) is 23.2. The first-order chi connectivity index (χ1) is 40.7. The van der Waals surface area contributed by atoms with E-state index in [1.165, 1.54) is 92.8 Å². The first kappa shape index (κ1) is 59.9. The summed E-state index contributed by atoms with van der Waals surface area (Å²) in [6, 6.07) is 51.8. The summed E-state index contributed by atoms with van der Waals surface area (Å²) in [5, 5.41) is 30.9. The van der Waals surface area contributed by atoms with Gasteiger partial charge >= 0.3 is 0 Å². The summed E-state index contributed by atoms with van der Waals surface area (Å²) in [6.07, 6.45) is 20.1. The van der Waals surface area contributed by atoms with E-state index in [0.717, 1.165) is 79.6 Å². The van der Waals surface area contributed by atoms with Gasteiger partial charge in [-0.2, -0.15) is 0 Å². The average Bonchev–Trinajstić information content (AvgIpc) is 3.26. The van der Waals surface area contributed by atoms with Gasteiger partial charge in [0.15, 0.2) is 0 Å². The SMILES string of the molecule is C=C(CCCCCCC)CS(C)(C)c1cc(-c2cc(F)ccc2OCCCCOc2ccc(F)cc2-c2cc([Si](C)(C)CCCCCCCC)cc(-n3c4ccccc4c4ccccc43)c2O)c(O)c(-n2c3ccccc3c3ccccc32)c1. The molecule has 10 heteroatoms. The Morgan fingerprint density at radius 1 is 0.488 bits per heavy atom. The standard InChI is InChI=1S/C74H84F2N2O4SSi/c1-8-10-12-14-16-28-44-84(6,7)56-49-64(74(80)70(50-56)78-67-36-24-20-32-59(67)60-33-21-25-37-68(60)78)62-46-54(76)39-41-72(62)82-43-27-26-42-81-71-40-38-53(75)45-61(71)63-47-55(83(4,5)51-52(3)29-17-15-13-11-9-2)48-69(73(63)79)77-65-34-22-18-30-57(65)58-31-19-23-35-66(58)77/h18-25,30-41,45-50,79-80H,3,8-17,26-29,42-44,51H2,1-2,4-7H3. The summed E-state index contributed by atoms with van der Waals surface area (Å²) >= 11 is 0. The number of aromatic nitrogens is 2. The van der Waals surface area contributed by atoms with Crippen LogP contribution in [0.4, 0.5) is 8.78 Å². The van der Waals surface area contributed by atoms with Gasteiger partial charge < -0.3 is 28.8 Å². The maximum Gasteiger partial charge on any atom is 0.147 e. The molecule has 0 unspecified atom stereocenters. The van der Waals surface area contributed by atoms with Gasteiger partial charge in [-0.05, 0) is 122 Å². The van der Waals surface area contributed by atoms with E-state index >= 15 is 8.78 Å². The second-order valence-corrected chi connectivity index (χ2v) is 32.8. The van der Waals surface area contributed by atoms with Crippen LogP contribution in [0.3, 0.4) is 0 Å². The van der Waals surface area contributed by atoms with Crippen LogP contribution in [0.1, 0.15) is 104 Å². The molecule has 0 atom stereocenters. The summed E-state index contributed by atoms with van der Waals surface area (Å²) in [5.41, 5.74) is 8.41. The number of halogens is 2. The lowest BCUT2D eigenvalue weighted by Gasteiger charge is -2.34. The van der Waals surface area contributed by atoms with Crippen molar-refractivity contribution >= 4 is 66.9 Å². The largest absolute Gasteiger partial charge is 0.505 e. The number of benzene rings is 8. The van der Waals surface area contributed by atoms with Crippen molar-refractivity contribution in [3.8, 4) is 56.6 Å². The van der Waals surface area contributed by atoms with Gasteiger partial charge in [0.1, 0.15) is 34.6 Å². The molecular weight excluding hydrogens is 1080 g/mol. The summed E-state index contributed by atoms with van der Waals surface area (Å²) in [7, 11) is -3.64. The lowest BCUT2D eigenvalue weighted by Crippen LogP contribution is -2.41. The fraction of sp³-hybridized carbons (Fsp3) is 0.324. The summed E-state index contributed by atoms with van der Waals surface area (Å²) in [5.74, 6) is 1.02. The predicted octanol–water partition coefficient (Wildman–Crippen LogP) is 20.8. The molecule has 0 aliphatic carbocycles. The minimum atomic E-state index is -2.12. The first-order valence-corrected chi connectivity index (χ1v) is 36.5. The van der Waals surface area contributed by atoms with Crippen LogP contribution >= 0.6 is 10.0 Å². The van der Waals surface area contributed by atoms with Gasteiger partial charge in [0.2, 0.25) is 0 Å². The van der Waals surface area contributed by atoms with Crippen molar-refractivity contribution in [3.63, 3.8) is 0 Å². The predicted molar refractivity (Wildman–Crippen MR) is 356 cm³/mol. The lowest BCUT2D eigenvalue weighted by atomic mass is 10.0. The van der Waals surface area contributed by atoms with Crippen LogP contribution in [0.15, 0.2) is 175 Å². The molecule has 438 valence electrons. The molecule has 10 aromatic rings. The molecule has 2 aromatic heterocycles. The fourth-order valence-electron chi connectivity index (χ4n) is 12.4. The number of para-hydroxylation sites is 4. The summed E-state index contributed by atoms with van der Waals surface area (Å²) in [4.78, 5) is 1.08. The first-order valence-electron chi connectivity index (χ1n) is 30.6. The number of aromatic hydroxyl groups is 2. The molecule has 2 heterocycles. The highest BCUT2D eigenvalue weighted by molar-refractivity contribution is 8.32. The van der Waals surface area contributed by atoms with Crippen LogP contribution in [0, 0.1) is 11.6 Å². The number of rotatable bonds is 28. The van der Waals surface area contributed by atoms with Crippen LogP contribution in [0.25, 0.3) is 77.2 Å². The second kappa shape index (κ2) is 26.8. The molecule has 0 spiro atoms. The maximum absolute atomic E-state index is 15.7. The Bertz CT molecular complexity index is 3850. The monoisotopic (exact) mass is 1160 g/mol. The Balaban J connectivity index is 0.928. The molecule has 10 rings (SSSR count). The Morgan fingerprint density at radius 3 is 1.38 bits per heavy atom. The van der Waals surface area contributed by atoms with Crippen molar-refractivity contribution in [2.45, 2.75) is 128 Å². The summed E-state index contributed by atoms with van der Waals surface area (Å²) < 4.78 is 48.8. The normalized spacial score (nSPS) is 12.3. The minimum Gasteiger partial charge on any atom is -0.505 e. The van der Waals surface area contributed by atoms with Crippen molar-refractivity contribution in [1.29, 1.82) is 0 Å². The third-order valence-electron chi connectivity index (χ3n) is 17.1. The van der Waals surface area contributed by atoms with Crippen molar-refractivity contribution in [1.82, 2.24) is 9.13 Å². The molecule has 0 amide bonds. The molecule has 2 N–H and O–H groups in total. The molecule has 84 heavy (non-hydrogen) atoms. The number of hydrogen-bond donors (Lipinski definition) is 2. The molecule has 0 bridgehead atoms. The molecule has 0 fully saturated rings. The van der Waals surface area contributed by atoms with Gasteiger partial charge in [-0.1, -0.05) is 193 Å². The number of hydrogen-bond acceptors (Lipinski definition) is 4. The highest BCUT2D eigenvalue weighted by atomic mass is 32.3. The minimum absolute atomic E-state index is 0.0385. The number of ether oxygens (including phenoxy) is 2. The highest BCUT2D eigenvalue weighted by Crippen LogP contribution is 2.55. The van der Waals surface area contributed by atoms with Gasteiger partial charge in [-0.15, -0.1) is 0 Å². The van der Waals surface area contributed by atoms with Gasteiger partial charge in [-0.3, -0.25) is 0 Å². The molecule has 0 radical (unpaired) electrons. The smallest absolute Gasteiger partial charge is 0.147 e. The van der Waals surface area contributed by atoms with Crippen LogP contribution in [-0.4, -0.2) is 58.9 Å². The molecular formula is C74H84F2N2O4SSi. The molecule has 0 saturated heterocycles. The number of phenols is 2. The highest BCUT2D eigenvalue weighted by Gasteiger charge is 2.30. The van der Waals surface area contributed by atoms with E-state index in [-0.39, 0.29) is 18.1 Å². The molecule has 8 aromatic carbocycles. The van der Waals surface area contributed by atoms with E-state index in [2.05, 4.69) is 122 Å². The van der Waals surface area contributed by atoms with E-state index < -0.39 is 29.7 Å². The van der Waals surface area contributed by atoms with Crippen LogP contribution in [0.2, 0.25) is 19.1 Å². The van der Waals surface area contributed by atoms with Gasteiger partial charge in [0.05, 0.1) is 54.7 Å². The Hall–Kier alpha value is -7.27. The molecule has 6 nitrogen and oxygen atoms in total. The van der Waals surface area contributed by atoms with Crippen molar-refractivity contribution in [2.24, 2.45) is 0 Å². The average molecular weight is 1160 g/mol. The van der Waals surface area contributed by atoms with E-state index in [0.29, 0.717) is 64.6 Å². The molecule has 0 saturated carbocycles. The molecule has 0 aliphatic rings. The third kappa shape index (κ3) is 13.0. The lowest BCUT2D eigenvalue weighted by molar-refractivity contribution is 0.267.